The van der Waals surface area contributed by atoms with Crippen LogP contribution < -0.4 is 10.3 Å². The largest absolute Gasteiger partial charge is 0.486 e. The molecule has 2 heterocycles. The van der Waals surface area contributed by atoms with Gasteiger partial charge in [0.15, 0.2) is 5.82 Å². The molecule has 0 saturated carbocycles. The van der Waals surface area contributed by atoms with Crippen LogP contribution in [0.15, 0.2) is 47.3 Å². The van der Waals surface area contributed by atoms with Crippen molar-refractivity contribution in [3.05, 3.63) is 74.3 Å². The van der Waals surface area contributed by atoms with Crippen molar-refractivity contribution in [3.63, 3.8) is 0 Å². The lowest BCUT2D eigenvalue weighted by Gasteiger charge is -2.09. The molecule has 0 bridgehead atoms. The van der Waals surface area contributed by atoms with Gasteiger partial charge in [0, 0.05) is 18.7 Å². The van der Waals surface area contributed by atoms with Gasteiger partial charge in [0.2, 0.25) is 5.78 Å². The summed E-state index contributed by atoms with van der Waals surface area (Å²) >= 11 is 0. The Morgan fingerprint density at radius 1 is 1.19 bits per heavy atom. The SMILES string of the molecule is Cc1cc(OCc2nnc3n(C)c(=O)c4ccccc4n23)ccc1[N+](=O)[O-]. The van der Waals surface area contributed by atoms with E-state index in [1.54, 1.807) is 42.6 Å². The number of para-hydroxylation sites is 1. The summed E-state index contributed by atoms with van der Waals surface area (Å²) in [6.07, 6.45) is 0. The molecule has 2 aromatic heterocycles. The Kier molecular flexibility index (Phi) is 3.84. The zero-order valence-corrected chi connectivity index (χ0v) is 14.6. The number of nitrogens with zero attached hydrogens (tertiary/aromatic N) is 5. The minimum atomic E-state index is -0.433. The van der Waals surface area contributed by atoms with Crippen molar-refractivity contribution in [2.75, 3.05) is 0 Å². The second-order valence-electron chi connectivity index (χ2n) is 6.13. The molecule has 0 atom stereocenters. The normalized spacial score (nSPS) is 11.2. The maximum absolute atomic E-state index is 12.5. The van der Waals surface area contributed by atoms with E-state index in [-0.39, 0.29) is 17.9 Å². The number of hydrogen-bond donors (Lipinski definition) is 0. The summed E-state index contributed by atoms with van der Waals surface area (Å²) in [7, 11) is 1.64. The van der Waals surface area contributed by atoms with E-state index in [4.69, 9.17) is 4.74 Å². The molecule has 4 rings (SSSR count). The molecule has 0 radical (unpaired) electrons. The van der Waals surface area contributed by atoms with Gasteiger partial charge in [0.05, 0.1) is 15.8 Å². The first kappa shape index (κ1) is 16.7. The Labute approximate surface area is 152 Å². The highest BCUT2D eigenvalue weighted by molar-refractivity contribution is 5.80. The third-order valence-corrected chi connectivity index (χ3v) is 4.43. The highest BCUT2D eigenvalue weighted by Gasteiger charge is 2.15. The first-order valence-corrected chi connectivity index (χ1v) is 8.17. The highest BCUT2D eigenvalue weighted by Crippen LogP contribution is 2.24. The highest BCUT2D eigenvalue weighted by atomic mass is 16.6. The summed E-state index contributed by atoms with van der Waals surface area (Å²) in [5, 5.41) is 19.7. The molecule has 0 spiro atoms. The fraction of sp³-hybridized carbons (Fsp3) is 0.167. The van der Waals surface area contributed by atoms with E-state index >= 15 is 0 Å². The fourth-order valence-corrected chi connectivity index (χ4v) is 3.06. The Hall–Kier alpha value is -3.75. The second kappa shape index (κ2) is 6.20. The molecule has 0 amide bonds. The molecule has 27 heavy (non-hydrogen) atoms. The van der Waals surface area contributed by atoms with E-state index in [1.165, 1.54) is 10.6 Å². The van der Waals surface area contributed by atoms with Crippen molar-refractivity contribution in [1.82, 2.24) is 19.2 Å². The van der Waals surface area contributed by atoms with Crippen LogP contribution in [0.25, 0.3) is 16.7 Å². The van der Waals surface area contributed by atoms with Gasteiger partial charge < -0.3 is 4.74 Å². The molecule has 0 aliphatic heterocycles. The van der Waals surface area contributed by atoms with E-state index in [0.29, 0.717) is 33.8 Å². The van der Waals surface area contributed by atoms with Gasteiger partial charge in [-0.05, 0) is 31.2 Å². The quantitative estimate of drug-likeness (QED) is 0.406. The van der Waals surface area contributed by atoms with Gasteiger partial charge in [-0.25, -0.2) is 0 Å². The number of nitro groups is 1. The summed E-state index contributed by atoms with van der Waals surface area (Å²) in [6.45, 7) is 1.75. The smallest absolute Gasteiger partial charge is 0.272 e. The molecular weight excluding hydrogens is 350 g/mol. The standard InChI is InChI=1S/C18H15N5O4/c1-11-9-12(7-8-14(11)23(25)26)27-10-16-19-20-18-21(2)17(24)13-5-3-4-6-15(13)22(16)18/h3-9H,10H2,1-2H3. The Bertz CT molecular complexity index is 1260. The predicted molar refractivity (Wildman–Crippen MR) is 97.9 cm³/mol. The lowest BCUT2D eigenvalue weighted by Crippen LogP contribution is -2.20. The molecule has 9 heteroatoms. The summed E-state index contributed by atoms with van der Waals surface area (Å²) in [6, 6.07) is 11.8. The first-order valence-electron chi connectivity index (χ1n) is 8.17. The number of aromatic nitrogens is 4. The van der Waals surface area contributed by atoms with Crippen molar-refractivity contribution < 1.29 is 9.66 Å². The van der Waals surface area contributed by atoms with E-state index < -0.39 is 4.92 Å². The maximum atomic E-state index is 12.5. The van der Waals surface area contributed by atoms with Gasteiger partial charge in [-0.15, -0.1) is 10.2 Å². The number of aryl methyl sites for hydroxylation is 2. The molecule has 0 fully saturated rings. The van der Waals surface area contributed by atoms with Crippen LogP contribution >= 0.6 is 0 Å². The van der Waals surface area contributed by atoms with E-state index in [0.717, 1.165) is 0 Å². The average Bonchev–Trinajstić information content (AvgIpc) is 3.08. The van der Waals surface area contributed by atoms with Crippen molar-refractivity contribution in [2.45, 2.75) is 13.5 Å². The van der Waals surface area contributed by atoms with Crippen LogP contribution in [-0.4, -0.2) is 24.1 Å². The zero-order chi connectivity index (χ0) is 19.1. The number of ether oxygens (including phenoxy) is 1. The zero-order valence-electron chi connectivity index (χ0n) is 14.6. The summed E-state index contributed by atoms with van der Waals surface area (Å²) in [5.41, 5.74) is 1.09. The monoisotopic (exact) mass is 365 g/mol. The molecule has 0 aliphatic rings. The number of fused-ring (bicyclic) bond motifs is 3. The van der Waals surface area contributed by atoms with Crippen molar-refractivity contribution in [1.29, 1.82) is 0 Å². The van der Waals surface area contributed by atoms with Crippen LogP contribution in [0.1, 0.15) is 11.4 Å². The Morgan fingerprint density at radius 2 is 1.96 bits per heavy atom. The molecule has 0 unspecified atom stereocenters. The number of benzene rings is 2. The van der Waals surface area contributed by atoms with Gasteiger partial charge >= 0.3 is 0 Å². The second-order valence-corrected chi connectivity index (χ2v) is 6.13. The molecule has 0 aliphatic carbocycles. The van der Waals surface area contributed by atoms with Crippen LogP contribution in [0.3, 0.4) is 0 Å². The number of hydrogen-bond acceptors (Lipinski definition) is 6. The number of rotatable bonds is 4. The Morgan fingerprint density at radius 3 is 2.70 bits per heavy atom. The van der Waals surface area contributed by atoms with Crippen molar-refractivity contribution >= 4 is 22.4 Å². The lowest BCUT2D eigenvalue weighted by atomic mass is 10.2. The van der Waals surface area contributed by atoms with Crippen LogP contribution in [-0.2, 0) is 13.7 Å². The Balaban J connectivity index is 1.74. The van der Waals surface area contributed by atoms with Gasteiger partial charge in [-0.1, -0.05) is 12.1 Å². The topological polar surface area (TPSA) is 105 Å². The van der Waals surface area contributed by atoms with Crippen LogP contribution in [0.2, 0.25) is 0 Å². The number of nitro benzene ring substituents is 1. The molecule has 0 N–H and O–H groups in total. The molecular formula is C18H15N5O4. The predicted octanol–water partition coefficient (Wildman–Crippen LogP) is 2.38. The first-order chi connectivity index (χ1) is 13.0. The third-order valence-electron chi connectivity index (χ3n) is 4.43. The minimum Gasteiger partial charge on any atom is -0.486 e. The van der Waals surface area contributed by atoms with Crippen LogP contribution in [0.5, 0.6) is 5.75 Å². The summed E-state index contributed by atoms with van der Waals surface area (Å²) in [5.74, 6) is 1.42. The molecule has 9 nitrogen and oxygen atoms in total. The third kappa shape index (κ3) is 2.69. The summed E-state index contributed by atoms with van der Waals surface area (Å²) in [4.78, 5) is 22.9. The van der Waals surface area contributed by atoms with Gasteiger partial charge in [-0.3, -0.25) is 23.9 Å². The average molecular weight is 365 g/mol. The van der Waals surface area contributed by atoms with Crippen LogP contribution in [0, 0.1) is 17.0 Å². The van der Waals surface area contributed by atoms with Crippen molar-refractivity contribution in [2.24, 2.45) is 7.05 Å². The molecule has 136 valence electrons. The van der Waals surface area contributed by atoms with E-state index in [2.05, 4.69) is 10.2 Å². The van der Waals surface area contributed by atoms with Crippen LogP contribution in [0.4, 0.5) is 5.69 Å². The lowest BCUT2D eigenvalue weighted by molar-refractivity contribution is -0.385. The summed E-state index contributed by atoms with van der Waals surface area (Å²) < 4.78 is 8.97. The van der Waals surface area contributed by atoms with Crippen molar-refractivity contribution in [3.8, 4) is 5.75 Å². The minimum absolute atomic E-state index is 0.0382. The maximum Gasteiger partial charge on any atom is 0.272 e. The van der Waals surface area contributed by atoms with Gasteiger partial charge in [-0.2, -0.15) is 0 Å². The fourth-order valence-electron chi connectivity index (χ4n) is 3.06. The molecule has 2 aromatic carbocycles. The molecule has 0 saturated heterocycles. The van der Waals surface area contributed by atoms with E-state index in [1.807, 2.05) is 12.1 Å². The van der Waals surface area contributed by atoms with Gasteiger partial charge in [0.1, 0.15) is 12.4 Å². The molecule has 4 aromatic rings. The van der Waals surface area contributed by atoms with E-state index in [9.17, 15) is 14.9 Å². The van der Waals surface area contributed by atoms with Gasteiger partial charge in [0.25, 0.3) is 11.2 Å².